The fourth-order valence-corrected chi connectivity index (χ4v) is 1.62. The molecule has 0 aliphatic rings. The quantitative estimate of drug-likeness (QED) is 0.871. The highest BCUT2D eigenvalue weighted by Gasteiger charge is 2.32. The van der Waals surface area contributed by atoms with E-state index < -0.39 is 6.36 Å². The number of aromatic amines is 1. The minimum atomic E-state index is -4.72. The van der Waals surface area contributed by atoms with Crippen LogP contribution < -0.4 is 4.74 Å². The first-order valence-electron chi connectivity index (χ1n) is 3.84. The van der Waals surface area contributed by atoms with Crippen LogP contribution in [-0.4, -0.2) is 16.3 Å². The summed E-state index contributed by atoms with van der Waals surface area (Å²) in [7, 11) is 0. The topological polar surface area (TPSA) is 37.9 Å². The molecule has 80 valence electrons. The molecule has 0 unspecified atom stereocenters. The van der Waals surface area contributed by atoms with Crippen LogP contribution in [0.2, 0.25) is 0 Å². The van der Waals surface area contributed by atoms with Crippen LogP contribution in [0.25, 0.3) is 11.0 Å². The van der Waals surface area contributed by atoms with Crippen molar-refractivity contribution in [2.75, 3.05) is 0 Å². The van der Waals surface area contributed by atoms with Crippen LogP contribution in [0.3, 0.4) is 0 Å². The van der Waals surface area contributed by atoms with Gasteiger partial charge in [0.2, 0.25) is 0 Å². The maximum Gasteiger partial charge on any atom is 0.573 e. The predicted molar refractivity (Wildman–Crippen MR) is 50.5 cm³/mol. The van der Waals surface area contributed by atoms with Crippen molar-refractivity contribution in [2.45, 2.75) is 6.36 Å². The third-order valence-electron chi connectivity index (χ3n) is 1.68. The fraction of sp³-hybridized carbons (Fsp3) is 0.125. The van der Waals surface area contributed by atoms with Crippen LogP contribution in [0.5, 0.6) is 5.75 Å². The molecule has 0 bridgehead atoms. The molecule has 1 aromatic heterocycles. The van der Waals surface area contributed by atoms with Gasteiger partial charge < -0.3 is 9.72 Å². The van der Waals surface area contributed by atoms with E-state index in [9.17, 15) is 13.2 Å². The highest BCUT2D eigenvalue weighted by molar-refractivity contribution is 9.10. The molecule has 15 heavy (non-hydrogen) atoms. The zero-order valence-electron chi connectivity index (χ0n) is 7.10. The van der Waals surface area contributed by atoms with Crippen molar-refractivity contribution >= 4 is 27.0 Å². The first-order chi connectivity index (χ1) is 6.96. The molecule has 0 saturated carbocycles. The monoisotopic (exact) mass is 280 g/mol. The van der Waals surface area contributed by atoms with Crippen molar-refractivity contribution in [3.63, 3.8) is 0 Å². The molecule has 3 nitrogen and oxygen atoms in total. The number of fused-ring (bicyclic) bond motifs is 1. The lowest BCUT2D eigenvalue weighted by Gasteiger charge is -2.09. The number of nitrogens with one attached hydrogen (secondary N) is 1. The Bertz CT molecular complexity index is 494. The first-order valence-corrected chi connectivity index (χ1v) is 4.63. The van der Waals surface area contributed by atoms with Crippen molar-refractivity contribution in [1.29, 1.82) is 0 Å². The molecule has 0 radical (unpaired) electrons. The molecule has 0 fully saturated rings. The minimum Gasteiger partial charge on any atom is -0.403 e. The number of halogens is 4. The highest BCUT2D eigenvalue weighted by Crippen LogP contribution is 2.31. The summed E-state index contributed by atoms with van der Waals surface area (Å²) < 4.78 is 40.4. The zero-order chi connectivity index (χ0) is 11.1. The lowest BCUT2D eigenvalue weighted by atomic mass is 10.3. The average Bonchev–Trinajstić information content (AvgIpc) is 2.48. The maximum atomic E-state index is 12.0. The minimum absolute atomic E-state index is 0.149. The van der Waals surface area contributed by atoms with Gasteiger partial charge in [-0.15, -0.1) is 13.2 Å². The molecule has 0 amide bonds. The van der Waals surface area contributed by atoms with Crippen LogP contribution in [0.4, 0.5) is 13.2 Å². The van der Waals surface area contributed by atoms with Crippen LogP contribution in [0, 0.1) is 0 Å². The SMILES string of the molecule is FC(F)(F)Oc1cc(Br)cc2[nH]cnc12. The van der Waals surface area contributed by atoms with Crippen LogP contribution >= 0.6 is 15.9 Å². The molecular weight excluding hydrogens is 277 g/mol. The maximum absolute atomic E-state index is 12.0. The van der Waals surface area contributed by atoms with Gasteiger partial charge >= 0.3 is 6.36 Å². The van der Waals surface area contributed by atoms with Gasteiger partial charge in [-0.3, -0.25) is 0 Å². The summed E-state index contributed by atoms with van der Waals surface area (Å²) in [6.45, 7) is 0. The predicted octanol–water partition coefficient (Wildman–Crippen LogP) is 3.22. The second-order valence-corrected chi connectivity index (χ2v) is 3.67. The number of rotatable bonds is 1. The summed E-state index contributed by atoms with van der Waals surface area (Å²) in [5.74, 6) is -0.326. The Morgan fingerprint density at radius 3 is 2.73 bits per heavy atom. The normalized spacial score (nSPS) is 12.0. The molecule has 1 heterocycles. The largest absolute Gasteiger partial charge is 0.573 e. The lowest BCUT2D eigenvalue weighted by molar-refractivity contribution is -0.274. The molecule has 0 saturated heterocycles. The van der Waals surface area contributed by atoms with Crippen molar-refractivity contribution in [1.82, 2.24) is 9.97 Å². The second-order valence-electron chi connectivity index (χ2n) is 2.75. The number of H-pyrrole nitrogens is 1. The number of nitrogens with zero attached hydrogens (tertiary/aromatic N) is 1. The Balaban J connectivity index is 2.53. The van der Waals surface area contributed by atoms with Crippen molar-refractivity contribution in [3.8, 4) is 5.75 Å². The van der Waals surface area contributed by atoms with Crippen molar-refractivity contribution in [3.05, 3.63) is 22.9 Å². The van der Waals surface area contributed by atoms with E-state index in [-0.39, 0.29) is 11.3 Å². The van der Waals surface area contributed by atoms with Gasteiger partial charge in [0.05, 0.1) is 11.8 Å². The Morgan fingerprint density at radius 2 is 2.07 bits per heavy atom. The van der Waals surface area contributed by atoms with E-state index in [1.807, 2.05) is 0 Å². The molecule has 0 atom stereocenters. The molecule has 0 spiro atoms. The van der Waals surface area contributed by atoms with Gasteiger partial charge in [0.15, 0.2) is 5.75 Å². The van der Waals surface area contributed by atoms with E-state index in [1.54, 1.807) is 6.07 Å². The first kappa shape index (κ1) is 10.3. The summed E-state index contributed by atoms with van der Waals surface area (Å²) >= 11 is 3.08. The number of hydrogen-bond acceptors (Lipinski definition) is 2. The van der Waals surface area contributed by atoms with E-state index in [2.05, 4.69) is 30.6 Å². The number of benzene rings is 1. The van der Waals surface area contributed by atoms with Gasteiger partial charge in [-0.25, -0.2) is 4.98 Å². The fourth-order valence-electron chi connectivity index (χ4n) is 1.19. The molecular formula is C8H4BrF3N2O. The second kappa shape index (κ2) is 3.41. The zero-order valence-corrected chi connectivity index (χ0v) is 8.69. The number of imidazole rings is 1. The molecule has 1 N–H and O–H groups in total. The lowest BCUT2D eigenvalue weighted by Crippen LogP contribution is -2.17. The Labute approximate surface area is 90.4 Å². The van der Waals surface area contributed by atoms with E-state index in [4.69, 9.17) is 0 Å². The standard InChI is InChI=1S/C8H4BrF3N2O/c9-4-1-5-7(14-3-13-5)6(2-4)15-8(10,11)12/h1-3H,(H,13,14). The third kappa shape index (κ3) is 2.23. The number of aromatic nitrogens is 2. The van der Waals surface area contributed by atoms with Crippen molar-refractivity contribution < 1.29 is 17.9 Å². The molecule has 2 aromatic rings. The summed E-state index contributed by atoms with van der Waals surface area (Å²) in [6.07, 6.45) is -3.41. The number of alkyl halides is 3. The van der Waals surface area contributed by atoms with Gasteiger partial charge in [-0.2, -0.15) is 0 Å². The van der Waals surface area contributed by atoms with Gasteiger partial charge in [0.25, 0.3) is 0 Å². The summed E-state index contributed by atoms with van der Waals surface area (Å²) in [4.78, 5) is 6.44. The molecule has 1 aromatic carbocycles. The van der Waals surface area contributed by atoms with Gasteiger partial charge in [-0.1, -0.05) is 15.9 Å². The molecule has 0 aliphatic heterocycles. The number of ether oxygens (including phenoxy) is 1. The van der Waals surface area contributed by atoms with E-state index in [1.165, 1.54) is 12.4 Å². The van der Waals surface area contributed by atoms with Crippen molar-refractivity contribution in [2.24, 2.45) is 0 Å². The third-order valence-corrected chi connectivity index (χ3v) is 2.14. The van der Waals surface area contributed by atoms with Crippen LogP contribution in [0.1, 0.15) is 0 Å². The van der Waals surface area contributed by atoms with E-state index in [0.717, 1.165) is 0 Å². The van der Waals surface area contributed by atoms with E-state index >= 15 is 0 Å². The Kier molecular flexibility index (Phi) is 2.34. The highest BCUT2D eigenvalue weighted by atomic mass is 79.9. The van der Waals surface area contributed by atoms with Crippen LogP contribution in [0.15, 0.2) is 22.9 Å². The number of hydrogen-bond donors (Lipinski definition) is 1. The summed E-state index contributed by atoms with van der Waals surface area (Å²) in [6, 6.07) is 2.84. The summed E-state index contributed by atoms with van der Waals surface area (Å²) in [5, 5.41) is 0. The van der Waals surface area contributed by atoms with Crippen LogP contribution in [-0.2, 0) is 0 Å². The van der Waals surface area contributed by atoms with E-state index in [0.29, 0.717) is 9.99 Å². The smallest absolute Gasteiger partial charge is 0.403 e. The Hall–Kier alpha value is -1.24. The Morgan fingerprint density at radius 1 is 1.33 bits per heavy atom. The van der Waals surface area contributed by atoms with Gasteiger partial charge in [-0.05, 0) is 12.1 Å². The molecule has 2 rings (SSSR count). The van der Waals surface area contributed by atoms with Gasteiger partial charge in [0.1, 0.15) is 5.52 Å². The summed E-state index contributed by atoms with van der Waals surface area (Å²) in [5.41, 5.74) is 0.624. The molecule has 0 aliphatic carbocycles. The average molecular weight is 281 g/mol. The molecule has 7 heteroatoms. The van der Waals surface area contributed by atoms with Gasteiger partial charge in [0, 0.05) is 4.47 Å².